The van der Waals surface area contributed by atoms with Crippen LogP contribution in [0.5, 0.6) is 0 Å². The van der Waals surface area contributed by atoms with Crippen LogP contribution in [0.15, 0.2) is 22.7 Å². The van der Waals surface area contributed by atoms with Gasteiger partial charge in [0.25, 0.3) is 0 Å². The lowest BCUT2D eigenvalue weighted by atomic mass is 10.1. The van der Waals surface area contributed by atoms with Gasteiger partial charge in [-0.05, 0) is 30.4 Å². The van der Waals surface area contributed by atoms with E-state index in [9.17, 15) is 13.2 Å². The highest BCUT2D eigenvalue weighted by molar-refractivity contribution is 9.10. The van der Waals surface area contributed by atoms with Crippen molar-refractivity contribution in [1.82, 2.24) is 0 Å². The minimum Gasteiger partial charge on any atom is -0.381 e. The second-order valence-corrected chi connectivity index (χ2v) is 5.96. The summed E-state index contributed by atoms with van der Waals surface area (Å²) in [5.41, 5.74) is -0.433. The first-order chi connectivity index (χ1) is 7.97. The summed E-state index contributed by atoms with van der Waals surface area (Å²) in [5.74, 6) is 1.87. The molecule has 1 N–H and O–H groups in total. The Morgan fingerprint density at radius 2 is 2.12 bits per heavy atom. The van der Waals surface area contributed by atoms with Crippen LogP contribution in [0.3, 0.4) is 0 Å². The van der Waals surface area contributed by atoms with Crippen LogP contribution in [0.4, 0.5) is 18.9 Å². The van der Waals surface area contributed by atoms with Crippen LogP contribution in [-0.4, -0.2) is 17.5 Å². The fraction of sp³-hybridized carbons (Fsp3) is 0.455. The second-order valence-electron chi connectivity index (χ2n) is 3.89. The maximum atomic E-state index is 12.8. The second kappa shape index (κ2) is 5.10. The number of benzene rings is 1. The number of anilines is 1. The molecule has 0 aromatic heterocycles. The van der Waals surface area contributed by atoms with Gasteiger partial charge >= 0.3 is 6.18 Å². The number of halogens is 4. The molecule has 1 aromatic rings. The van der Waals surface area contributed by atoms with E-state index in [1.807, 2.05) is 0 Å². The number of alkyl halides is 3. The van der Waals surface area contributed by atoms with E-state index in [2.05, 4.69) is 21.2 Å². The molecule has 6 heteroatoms. The van der Waals surface area contributed by atoms with Crippen molar-refractivity contribution >= 4 is 33.4 Å². The molecule has 0 radical (unpaired) electrons. The number of rotatable bonds is 2. The van der Waals surface area contributed by atoms with Crippen LogP contribution in [0, 0.1) is 0 Å². The Kier molecular flexibility index (Phi) is 3.92. The van der Waals surface area contributed by atoms with E-state index < -0.39 is 11.7 Å². The summed E-state index contributed by atoms with van der Waals surface area (Å²) in [4.78, 5) is 0. The SMILES string of the molecule is FC(F)(F)c1ccc(Br)cc1NC1CCSC1. The van der Waals surface area contributed by atoms with E-state index in [4.69, 9.17) is 0 Å². The summed E-state index contributed by atoms with van der Waals surface area (Å²) in [6, 6.07) is 4.15. The number of hydrogen-bond acceptors (Lipinski definition) is 2. The Morgan fingerprint density at radius 3 is 2.71 bits per heavy atom. The summed E-state index contributed by atoms with van der Waals surface area (Å²) in [6.07, 6.45) is -3.40. The van der Waals surface area contributed by atoms with Gasteiger partial charge in [0.2, 0.25) is 0 Å². The Balaban J connectivity index is 2.26. The summed E-state index contributed by atoms with van der Waals surface area (Å²) in [5, 5.41) is 2.99. The van der Waals surface area contributed by atoms with Crippen LogP contribution >= 0.6 is 27.7 Å². The molecule has 0 spiro atoms. The third-order valence-electron chi connectivity index (χ3n) is 2.58. The summed E-state index contributed by atoms with van der Waals surface area (Å²) in [7, 11) is 0. The molecular weight excluding hydrogens is 315 g/mol. The predicted molar refractivity (Wildman–Crippen MR) is 68.5 cm³/mol. The first kappa shape index (κ1) is 13.1. The highest BCUT2D eigenvalue weighted by Crippen LogP contribution is 2.37. The van der Waals surface area contributed by atoms with Crippen molar-refractivity contribution in [3.05, 3.63) is 28.2 Å². The van der Waals surface area contributed by atoms with Gasteiger partial charge < -0.3 is 5.32 Å². The molecule has 1 atom stereocenters. The molecular formula is C11H11BrF3NS. The standard InChI is InChI=1S/C11H11BrF3NS/c12-7-1-2-9(11(13,14)15)10(5-7)16-8-3-4-17-6-8/h1-2,5,8,16H,3-4,6H2. The van der Waals surface area contributed by atoms with Gasteiger partial charge in [-0.2, -0.15) is 24.9 Å². The zero-order valence-electron chi connectivity index (χ0n) is 8.85. The molecule has 1 aliphatic rings. The van der Waals surface area contributed by atoms with Crippen LogP contribution < -0.4 is 5.32 Å². The van der Waals surface area contributed by atoms with Crippen LogP contribution in [0.25, 0.3) is 0 Å². The van der Waals surface area contributed by atoms with E-state index >= 15 is 0 Å². The highest BCUT2D eigenvalue weighted by Gasteiger charge is 2.34. The third-order valence-corrected chi connectivity index (χ3v) is 4.23. The molecule has 0 aliphatic carbocycles. The molecule has 94 valence electrons. The van der Waals surface area contributed by atoms with Crippen molar-refractivity contribution in [2.75, 3.05) is 16.8 Å². The van der Waals surface area contributed by atoms with Crippen LogP contribution in [0.1, 0.15) is 12.0 Å². The van der Waals surface area contributed by atoms with Crippen molar-refractivity contribution in [3.8, 4) is 0 Å². The third kappa shape index (κ3) is 3.31. The number of hydrogen-bond donors (Lipinski definition) is 1. The van der Waals surface area contributed by atoms with Gasteiger partial charge in [0.05, 0.1) is 5.56 Å². The Morgan fingerprint density at radius 1 is 1.35 bits per heavy atom. The van der Waals surface area contributed by atoms with E-state index in [1.54, 1.807) is 11.8 Å². The largest absolute Gasteiger partial charge is 0.418 e. The van der Waals surface area contributed by atoms with Gasteiger partial charge in [0.15, 0.2) is 0 Å². The fourth-order valence-corrected chi connectivity index (χ4v) is 3.26. The van der Waals surface area contributed by atoms with E-state index in [0.717, 1.165) is 24.0 Å². The molecule has 0 amide bonds. The van der Waals surface area contributed by atoms with Gasteiger partial charge in [-0.1, -0.05) is 15.9 Å². The zero-order chi connectivity index (χ0) is 12.5. The lowest BCUT2D eigenvalue weighted by Gasteiger charge is -2.18. The number of thioether (sulfide) groups is 1. The van der Waals surface area contributed by atoms with Gasteiger partial charge in [-0.25, -0.2) is 0 Å². The van der Waals surface area contributed by atoms with Gasteiger partial charge in [-0.3, -0.25) is 0 Å². The average molecular weight is 326 g/mol. The molecule has 1 aromatic carbocycles. The lowest BCUT2D eigenvalue weighted by Crippen LogP contribution is -2.21. The minimum absolute atomic E-state index is 0.135. The van der Waals surface area contributed by atoms with Crippen molar-refractivity contribution in [2.45, 2.75) is 18.6 Å². The molecule has 17 heavy (non-hydrogen) atoms. The fourth-order valence-electron chi connectivity index (χ4n) is 1.75. The molecule has 2 rings (SSSR count). The topological polar surface area (TPSA) is 12.0 Å². The first-order valence-corrected chi connectivity index (χ1v) is 7.12. The first-order valence-electron chi connectivity index (χ1n) is 5.18. The quantitative estimate of drug-likeness (QED) is 0.865. The molecule has 1 nitrogen and oxygen atoms in total. The van der Waals surface area contributed by atoms with Crippen molar-refractivity contribution in [2.24, 2.45) is 0 Å². The van der Waals surface area contributed by atoms with Crippen molar-refractivity contribution < 1.29 is 13.2 Å². The molecule has 1 unspecified atom stereocenters. The maximum absolute atomic E-state index is 12.8. The van der Waals surface area contributed by atoms with Crippen molar-refractivity contribution in [1.29, 1.82) is 0 Å². The molecule has 1 saturated heterocycles. The molecule has 1 aliphatic heterocycles. The van der Waals surface area contributed by atoms with E-state index in [0.29, 0.717) is 4.47 Å². The maximum Gasteiger partial charge on any atom is 0.418 e. The van der Waals surface area contributed by atoms with Gasteiger partial charge in [-0.15, -0.1) is 0 Å². The molecule has 0 bridgehead atoms. The highest BCUT2D eigenvalue weighted by atomic mass is 79.9. The molecule has 1 heterocycles. The smallest absolute Gasteiger partial charge is 0.381 e. The normalized spacial score (nSPS) is 20.6. The molecule has 0 saturated carbocycles. The zero-order valence-corrected chi connectivity index (χ0v) is 11.3. The number of nitrogens with one attached hydrogen (secondary N) is 1. The summed E-state index contributed by atoms with van der Waals surface area (Å²) in [6.45, 7) is 0. The van der Waals surface area contributed by atoms with E-state index in [1.165, 1.54) is 12.1 Å². The minimum atomic E-state index is -4.31. The lowest BCUT2D eigenvalue weighted by molar-refractivity contribution is -0.137. The Bertz CT molecular complexity index is 402. The predicted octanol–water partition coefficient (Wildman–Crippen LogP) is 4.39. The van der Waals surface area contributed by atoms with Gasteiger partial charge in [0, 0.05) is 22.0 Å². The van der Waals surface area contributed by atoms with Crippen LogP contribution in [-0.2, 0) is 6.18 Å². The molecule has 1 fully saturated rings. The Hall–Kier alpha value is -0.360. The summed E-state index contributed by atoms with van der Waals surface area (Å²) >= 11 is 4.96. The average Bonchev–Trinajstić information content (AvgIpc) is 2.68. The monoisotopic (exact) mass is 325 g/mol. The van der Waals surface area contributed by atoms with Crippen LogP contribution in [0.2, 0.25) is 0 Å². The van der Waals surface area contributed by atoms with Crippen molar-refractivity contribution in [3.63, 3.8) is 0 Å². The van der Waals surface area contributed by atoms with E-state index in [-0.39, 0.29) is 11.7 Å². The van der Waals surface area contributed by atoms with Gasteiger partial charge in [0.1, 0.15) is 0 Å². The Labute approximate surface area is 110 Å². The summed E-state index contributed by atoms with van der Waals surface area (Å²) < 4.78 is 39.0.